The zero-order valence-electron chi connectivity index (χ0n) is 23.0. The number of carbonyl (C=O) groups is 2. The van der Waals surface area contributed by atoms with Crippen molar-refractivity contribution in [3.63, 3.8) is 0 Å². The van der Waals surface area contributed by atoms with Crippen LogP contribution in [0.5, 0.6) is 17.2 Å². The van der Waals surface area contributed by atoms with Crippen molar-refractivity contribution in [3.05, 3.63) is 95.7 Å². The molecule has 206 valence electrons. The van der Waals surface area contributed by atoms with E-state index in [0.29, 0.717) is 29.4 Å². The highest BCUT2D eigenvalue weighted by Crippen LogP contribution is 2.36. The summed E-state index contributed by atoms with van der Waals surface area (Å²) >= 11 is 0. The first-order valence-electron chi connectivity index (χ1n) is 12.9. The van der Waals surface area contributed by atoms with Crippen molar-refractivity contribution in [2.75, 3.05) is 21.3 Å². The highest BCUT2D eigenvalue weighted by atomic mass is 16.5. The quantitative estimate of drug-likeness (QED) is 0.340. The smallest absolute Gasteiger partial charge is 0.273 e. The Hall–Kier alpha value is -4.79. The Kier molecular flexibility index (Phi) is 7.46. The molecule has 3 aromatic carbocycles. The summed E-state index contributed by atoms with van der Waals surface area (Å²) in [4.78, 5) is 29.6. The van der Waals surface area contributed by atoms with Gasteiger partial charge in [-0.2, -0.15) is 5.10 Å². The van der Waals surface area contributed by atoms with Crippen LogP contribution >= 0.6 is 0 Å². The average molecular weight is 541 g/mol. The van der Waals surface area contributed by atoms with Gasteiger partial charge in [-0.15, -0.1) is 0 Å². The molecule has 1 aliphatic heterocycles. The Morgan fingerprint density at radius 3 is 2.38 bits per heavy atom. The number of hydrogen-bond acceptors (Lipinski definition) is 6. The molecule has 1 atom stereocenters. The lowest BCUT2D eigenvalue weighted by Crippen LogP contribution is -2.63. The van der Waals surface area contributed by atoms with Crippen LogP contribution in [-0.2, 0) is 24.4 Å². The van der Waals surface area contributed by atoms with Crippen molar-refractivity contribution in [3.8, 4) is 28.5 Å². The molecule has 0 aliphatic carbocycles. The van der Waals surface area contributed by atoms with Crippen LogP contribution in [0, 0.1) is 0 Å². The zero-order chi connectivity index (χ0) is 28.3. The number of nitrogens with zero attached hydrogens (tertiary/aromatic N) is 3. The van der Waals surface area contributed by atoms with Crippen molar-refractivity contribution in [1.29, 1.82) is 0 Å². The molecule has 2 amide bonds. The molecule has 0 fully saturated rings. The second-order valence-corrected chi connectivity index (χ2v) is 9.79. The van der Waals surface area contributed by atoms with Crippen molar-refractivity contribution < 1.29 is 23.8 Å². The minimum Gasteiger partial charge on any atom is -0.497 e. The molecule has 1 N–H and O–H groups in total. The number of aromatic nitrogens is 2. The summed E-state index contributed by atoms with van der Waals surface area (Å²) < 4.78 is 18.0. The van der Waals surface area contributed by atoms with E-state index >= 15 is 0 Å². The summed E-state index contributed by atoms with van der Waals surface area (Å²) in [7, 11) is 4.73. The third-order valence-electron chi connectivity index (χ3n) is 7.28. The molecule has 5 rings (SSSR count). The Balaban J connectivity index is 1.53. The molecule has 0 unspecified atom stereocenters. The molecule has 9 heteroatoms. The number of ether oxygens (including phenoxy) is 3. The lowest BCUT2D eigenvalue weighted by molar-refractivity contribution is -0.133. The fourth-order valence-electron chi connectivity index (χ4n) is 5.01. The molecule has 1 aliphatic rings. The van der Waals surface area contributed by atoms with E-state index in [1.54, 1.807) is 50.0 Å². The summed E-state index contributed by atoms with van der Waals surface area (Å²) in [5.74, 6) is 1.21. The van der Waals surface area contributed by atoms with Gasteiger partial charge >= 0.3 is 0 Å². The number of rotatable bonds is 9. The van der Waals surface area contributed by atoms with E-state index in [1.165, 1.54) is 0 Å². The first kappa shape index (κ1) is 26.8. The summed E-state index contributed by atoms with van der Waals surface area (Å²) in [5, 5.41) is 7.76. The summed E-state index contributed by atoms with van der Waals surface area (Å²) in [6.45, 7) is 2.42. The molecule has 1 aromatic heterocycles. The third-order valence-corrected chi connectivity index (χ3v) is 7.28. The van der Waals surface area contributed by atoms with Gasteiger partial charge in [-0.1, -0.05) is 42.5 Å². The van der Waals surface area contributed by atoms with Gasteiger partial charge in [0.05, 0.1) is 40.1 Å². The third kappa shape index (κ3) is 4.98. The number of nitrogens with one attached hydrogen (secondary N) is 1. The van der Waals surface area contributed by atoms with E-state index in [9.17, 15) is 9.59 Å². The number of methoxy groups -OCH3 is 3. The van der Waals surface area contributed by atoms with Crippen LogP contribution in [0.25, 0.3) is 11.3 Å². The largest absolute Gasteiger partial charge is 0.497 e. The van der Waals surface area contributed by atoms with Crippen LogP contribution in [0.15, 0.2) is 78.9 Å². The number of carbonyl (C=O) groups excluding carboxylic acids is 2. The molecule has 4 aromatic rings. The van der Waals surface area contributed by atoms with Gasteiger partial charge in [0.15, 0.2) is 11.5 Å². The van der Waals surface area contributed by atoms with Gasteiger partial charge in [0, 0.05) is 17.7 Å². The number of fused-ring (bicyclic) bond motifs is 1. The van der Waals surface area contributed by atoms with Gasteiger partial charge in [-0.3, -0.25) is 14.3 Å². The molecule has 2 heterocycles. The van der Waals surface area contributed by atoms with Crippen LogP contribution in [0.3, 0.4) is 0 Å². The highest BCUT2D eigenvalue weighted by Gasteiger charge is 2.48. The second-order valence-electron chi connectivity index (χ2n) is 9.79. The van der Waals surface area contributed by atoms with Gasteiger partial charge < -0.3 is 24.4 Å². The molecular weight excluding hydrogens is 508 g/mol. The van der Waals surface area contributed by atoms with Crippen LogP contribution in [-0.4, -0.2) is 53.4 Å². The van der Waals surface area contributed by atoms with Gasteiger partial charge in [-0.05, 0) is 48.9 Å². The maximum Gasteiger partial charge on any atom is 0.273 e. The van der Waals surface area contributed by atoms with Crippen LogP contribution in [0.4, 0.5) is 0 Å². The van der Waals surface area contributed by atoms with E-state index in [4.69, 9.17) is 19.3 Å². The summed E-state index contributed by atoms with van der Waals surface area (Å²) in [5.41, 5.74) is 2.33. The van der Waals surface area contributed by atoms with Crippen molar-refractivity contribution in [2.24, 2.45) is 0 Å². The van der Waals surface area contributed by atoms with Crippen LogP contribution in [0.2, 0.25) is 0 Å². The molecule has 0 spiro atoms. The van der Waals surface area contributed by atoms with E-state index < -0.39 is 5.54 Å². The molecule has 0 saturated heterocycles. The van der Waals surface area contributed by atoms with Crippen LogP contribution in [0.1, 0.15) is 28.5 Å². The number of para-hydroxylation sites is 1. The SMILES string of the molecule is COc1ccc(-c2cc3n(n2)C[C@@](C)(C(=O)NCc2ccccc2)N(Cc2cccc(OC)c2OC)C3=O)cc1. The Morgan fingerprint density at radius 1 is 0.950 bits per heavy atom. The van der Waals surface area contributed by atoms with Gasteiger partial charge in [0.25, 0.3) is 5.91 Å². The molecule has 40 heavy (non-hydrogen) atoms. The minimum atomic E-state index is -1.24. The van der Waals surface area contributed by atoms with Crippen molar-refractivity contribution >= 4 is 11.8 Å². The van der Waals surface area contributed by atoms with E-state index in [-0.39, 0.29) is 24.9 Å². The maximum atomic E-state index is 14.1. The average Bonchev–Trinajstić information content (AvgIpc) is 3.42. The number of hydrogen-bond donors (Lipinski definition) is 1. The monoisotopic (exact) mass is 540 g/mol. The first-order valence-corrected chi connectivity index (χ1v) is 12.9. The lowest BCUT2D eigenvalue weighted by atomic mass is 9.93. The van der Waals surface area contributed by atoms with E-state index in [0.717, 1.165) is 22.4 Å². The fourth-order valence-corrected chi connectivity index (χ4v) is 5.01. The number of amides is 2. The Bertz CT molecular complexity index is 1520. The molecule has 0 bridgehead atoms. The molecule has 0 radical (unpaired) electrons. The normalized spacial score (nSPS) is 16.3. The molecular formula is C31H32N4O5. The van der Waals surface area contributed by atoms with Gasteiger partial charge in [0.2, 0.25) is 5.91 Å². The van der Waals surface area contributed by atoms with E-state index in [1.807, 2.05) is 66.7 Å². The second kappa shape index (κ2) is 11.1. The standard InChI is InChI=1S/C31H32N4O5/c1-31(30(37)32-18-21-9-6-5-7-10-21)20-35-26(17-25(33-35)22-13-15-24(38-2)16-14-22)29(36)34(31)19-23-11-8-12-27(39-3)28(23)40-4/h5-17H,18-20H2,1-4H3,(H,32,37)/t31-/m0/s1. The topological polar surface area (TPSA) is 94.9 Å². The predicted octanol–water partition coefficient (Wildman–Crippen LogP) is 4.31. The Morgan fingerprint density at radius 2 is 1.70 bits per heavy atom. The first-order chi connectivity index (χ1) is 19.4. The fraction of sp³-hybridized carbons (Fsp3) is 0.258. The number of benzene rings is 3. The maximum absolute atomic E-state index is 14.1. The Labute approximate surface area is 233 Å². The highest BCUT2D eigenvalue weighted by molar-refractivity contribution is 6.00. The predicted molar refractivity (Wildman–Crippen MR) is 150 cm³/mol. The van der Waals surface area contributed by atoms with Gasteiger partial charge in [0.1, 0.15) is 17.0 Å². The molecule has 9 nitrogen and oxygen atoms in total. The van der Waals surface area contributed by atoms with E-state index in [2.05, 4.69) is 5.32 Å². The lowest BCUT2D eigenvalue weighted by Gasteiger charge is -2.43. The summed E-state index contributed by atoms with van der Waals surface area (Å²) in [6, 6.07) is 24.4. The summed E-state index contributed by atoms with van der Waals surface area (Å²) in [6.07, 6.45) is 0. The van der Waals surface area contributed by atoms with Crippen LogP contribution < -0.4 is 19.5 Å². The minimum absolute atomic E-state index is 0.136. The molecule has 0 saturated carbocycles. The van der Waals surface area contributed by atoms with Crippen molar-refractivity contribution in [1.82, 2.24) is 20.0 Å². The van der Waals surface area contributed by atoms with Crippen molar-refractivity contribution in [2.45, 2.75) is 32.1 Å². The van der Waals surface area contributed by atoms with Gasteiger partial charge in [-0.25, -0.2) is 0 Å². The zero-order valence-corrected chi connectivity index (χ0v) is 23.0.